The molecule has 0 aromatic heterocycles. The minimum atomic E-state index is 1.06. The van der Waals surface area contributed by atoms with Crippen LogP contribution in [0.1, 0.15) is 24.5 Å². The van der Waals surface area contributed by atoms with Crippen molar-refractivity contribution in [1.82, 2.24) is 0 Å². The lowest BCUT2D eigenvalue weighted by Crippen LogP contribution is -1.96. The van der Waals surface area contributed by atoms with Gasteiger partial charge in [-0.1, -0.05) is 53.1 Å². The summed E-state index contributed by atoms with van der Waals surface area (Å²) < 4.78 is 0. The van der Waals surface area contributed by atoms with Gasteiger partial charge in [-0.2, -0.15) is 0 Å². The normalized spacial score (nSPS) is 15.9. The molecule has 0 N–H and O–H groups in total. The Morgan fingerprint density at radius 2 is 1.73 bits per heavy atom. The van der Waals surface area contributed by atoms with Gasteiger partial charge in [-0.25, -0.2) is 0 Å². The second kappa shape index (κ2) is 4.48. The summed E-state index contributed by atoms with van der Waals surface area (Å²) in [5.41, 5.74) is 5.56. The van der Waals surface area contributed by atoms with E-state index in [1.54, 1.807) is 0 Å². The van der Waals surface area contributed by atoms with Crippen LogP contribution in [0.5, 0.6) is 0 Å². The molecule has 0 nitrogen and oxygen atoms in total. The molecule has 1 aromatic carbocycles. The first-order valence-corrected chi connectivity index (χ1v) is 5.50. The topological polar surface area (TPSA) is 0 Å². The van der Waals surface area contributed by atoms with Crippen LogP contribution in [0.15, 0.2) is 47.6 Å². The van der Waals surface area contributed by atoms with Gasteiger partial charge in [0, 0.05) is 6.42 Å². The van der Waals surface area contributed by atoms with Gasteiger partial charge in [0.1, 0.15) is 0 Å². The number of benzene rings is 1. The van der Waals surface area contributed by atoms with E-state index in [4.69, 9.17) is 0 Å². The van der Waals surface area contributed by atoms with E-state index in [1.165, 1.54) is 22.3 Å². The van der Waals surface area contributed by atoms with Gasteiger partial charge >= 0.3 is 0 Å². The molecule has 1 aromatic rings. The highest BCUT2D eigenvalue weighted by molar-refractivity contribution is 5.37. The molecule has 0 heteroatoms. The van der Waals surface area contributed by atoms with Gasteiger partial charge in [0.2, 0.25) is 0 Å². The first kappa shape index (κ1) is 10.2. The van der Waals surface area contributed by atoms with E-state index in [2.05, 4.69) is 56.7 Å². The molecule has 0 saturated heterocycles. The molecule has 15 heavy (non-hydrogen) atoms. The van der Waals surface area contributed by atoms with Crippen LogP contribution in [0.4, 0.5) is 0 Å². The fourth-order valence-electron chi connectivity index (χ4n) is 1.87. The first-order valence-electron chi connectivity index (χ1n) is 5.50. The minimum Gasteiger partial charge on any atom is -0.0812 e. The zero-order valence-corrected chi connectivity index (χ0v) is 9.46. The number of allylic oxidation sites excluding steroid dienone is 4. The lowest BCUT2D eigenvalue weighted by molar-refractivity contribution is 1.08. The lowest BCUT2D eigenvalue weighted by Gasteiger charge is -2.12. The van der Waals surface area contributed by atoms with Crippen molar-refractivity contribution >= 4 is 0 Å². The van der Waals surface area contributed by atoms with E-state index in [1.807, 2.05) is 0 Å². The highest BCUT2D eigenvalue weighted by Crippen LogP contribution is 2.20. The van der Waals surface area contributed by atoms with Crippen LogP contribution in [0.2, 0.25) is 0 Å². The first-order chi connectivity index (χ1) is 7.24. The summed E-state index contributed by atoms with van der Waals surface area (Å²) >= 11 is 0. The van der Waals surface area contributed by atoms with Gasteiger partial charge < -0.3 is 0 Å². The van der Waals surface area contributed by atoms with Crippen LogP contribution in [-0.2, 0) is 6.42 Å². The Labute approximate surface area is 92.3 Å². The van der Waals surface area contributed by atoms with Gasteiger partial charge in [0.25, 0.3) is 0 Å². The molecule has 0 saturated carbocycles. The Balaban J connectivity index is 2.03. The van der Waals surface area contributed by atoms with Crippen molar-refractivity contribution in [3.05, 3.63) is 65.1 Å². The van der Waals surface area contributed by atoms with E-state index < -0.39 is 0 Å². The molecule has 1 aliphatic rings. The summed E-state index contributed by atoms with van der Waals surface area (Å²) in [7, 11) is 0. The van der Waals surface area contributed by atoms with Gasteiger partial charge in [-0.3, -0.25) is 0 Å². The van der Waals surface area contributed by atoms with Gasteiger partial charge in [-0.15, -0.1) is 0 Å². The van der Waals surface area contributed by atoms with E-state index in [0.717, 1.165) is 12.8 Å². The third-order valence-corrected chi connectivity index (χ3v) is 2.76. The standard InChI is InChI=1S/C15H17/c1-12-6-8-14(9-7-12)11-15-5-3-4-13(2)10-15/h4-10H,3,11H2,1-2H3. The Hall–Kier alpha value is -1.30. The Kier molecular flexibility index (Phi) is 3.05. The van der Waals surface area contributed by atoms with Crippen LogP contribution in [-0.4, -0.2) is 0 Å². The summed E-state index contributed by atoms with van der Waals surface area (Å²) in [6.45, 7) is 4.30. The molecule has 0 aliphatic heterocycles. The third kappa shape index (κ3) is 2.82. The molecule has 1 radical (unpaired) electrons. The maximum absolute atomic E-state index is 2.31. The largest absolute Gasteiger partial charge is 0.0812 e. The van der Waals surface area contributed by atoms with E-state index in [0.29, 0.717) is 0 Å². The van der Waals surface area contributed by atoms with Crippen LogP contribution in [0.3, 0.4) is 0 Å². The zero-order valence-electron chi connectivity index (χ0n) is 9.46. The summed E-state index contributed by atoms with van der Waals surface area (Å²) in [6.07, 6.45) is 9.00. The van der Waals surface area contributed by atoms with Crippen molar-refractivity contribution in [2.24, 2.45) is 0 Å². The highest BCUT2D eigenvalue weighted by Gasteiger charge is 2.04. The number of rotatable bonds is 2. The molecule has 0 spiro atoms. The molecule has 1 aliphatic carbocycles. The Morgan fingerprint density at radius 3 is 2.40 bits per heavy atom. The van der Waals surface area contributed by atoms with Gasteiger partial charge in [-0.05, 0) is 32.3 Å². The number of hydrogen-bond donors (Lipinski definition) is 0. The van der Waals surface area contributed by atoms with E-state index in [9.17, 15) is 0 Å². The SMILES string of the molecule is CC1=CCC=C(Cc2ccc(C)cc2)[CH]1. The third-order valence-electron chi connectivity index (χ3n) is 2.76. The molecular formula is C15H17. The molecule has 77 valence electrons. The zero-order chi connectivity index (χ0) is 10.7. The maximum atomic E-state index is 2.31. The second-order valence-corrected chi connectivity index (χ2v) is 4.27. The minimum absolute atomic E-state index is 1.06. The van der Waals surface area contributed by atoms with Crippen LogP contribution >= 0.6 is 0 Å². The van der Waals surface area contributed by atoms with Crippen molar-refractivity contribution in [1.29, 1.82) is 0 Å². The predicted octanol–water partition coefficient (Wildman–Crippen LogP) is 4.02. The van der Waals surface area contributed by atoms with Gasteiger partial charge in [0.15, 0.2) is 0 Å². The summed E-state index contributed by atoms with van der Waals surface area (Å²) in [5.74, 6) is 0. The Bertz CT molecular complexity index is 391. The highest BCUT2D eigenvalue weighted by atomic mass is 14.1. The molecule has 0 amide bonds. The summed E-state index contributed by atoms with van der Waals surface area (Å²) in [6, 6.07) is 8.80. The second-order valence-electron chi connectivity index (χ2n) is 4.27. The fraction of sp³-hybridized carbons (Fsp3) is 0.267. The molecule has 0 heterocycles. The average Bonchev–Trinajstić information content (AvgIpc) is 2.22. The molecule has 2 rings (SSSR count). The number of aryl methyl sites for hydroxylation is 1. The van der Waals surface area contributed by atoms with Crippen molar-refractivity contribution in [3.63, 3.8) is 0 Å². The molecule has 0 unspecified atom stereocenters. The van der Waals surface area contributed by atoms with Gasteiger partial charge in [0.05, 0.1) is 0 Å². The van der Waals surface area contributed by atoms with Crippen LogP contribution < -0.4 is 0 Å². The Morgan fingerprint density at radius 1 is 1.00 bits per heavy atom. The van der Waals surface area contributed by atoms with E-state index in [-0.39, 0.29) is 0 Å². The van der Waals surface area contributed by atoms with Crippen molar-refractivity contribution < 1.29 is 0 Å². The molecule has 0 atom stereocenters. The van der Waals surface area contributed by atoms with Crippen molar-refractivity contribution in [2.75, 3.05) is 0 Å². The monoisotopic (exact) mass is 197 g/mol. The molecule has 0 fully saturated rings. The summed E-state index contributed by atoms with van der Waals surface area (Å²) in [4.78, 5) is 0. The maximum Gasteiger partial charge on any atom is 0.0111 e. The smallest absolute Gasteiger partial charge is 0.0111 e. The van der Waals surface area contributed by atoms with E-state index >= 15 is 0 Å². The van der Waals surface area contributed by atoms with Crippen LogP contribution in [0, 0.1) is 13.3 Å². The average molecular weight is 197 g/mol. The quantitative estimate of drug-likeness (QED) is 0.671. The van der Waals surface area contributed by atoms with Crippen molar-refractivity contribution in [3.8, 4) is 0 Å². The van der Waals surface area contributed by atoms with Crippen LogP contribution in [0.25, 0.3) is 0 Å². The molecular weight excluding hydrogens is 180 g/mol. The summed E-state index contributed by atoms with van der Waals surface area (Å²) in [5, 5.41) is 0. The number of hydrogen-bond acceptors (Lipinski definition) is 0. The fourth-order valence-corrected chi connectivity index (χ4v) is 1.87. The predicted molar refractivity (Wildman–Crippen MR) is 65.6 cm³/mol. The van der Waals surface area contributed by atoms with Crippen molar-refractivity contribution in [2.45, 2.75) is 26.7 Å². The lowest BCUT2D eigenvalue weighted by atomic mass is 9.94. The molecule has 0 bridgehead atoms.